The normalized spacial score (nSPS) is 10.1. The Morgan fingerprint density at radius 2 is 2.29 bits per heavy atom. The van der Waals surface area contributed by atoms with Gasteiger partial charge in [-0.3, -0.25) is 0 Å². The number of hydrogen-bond acceptors (Lipinski definition) is 5. The van der Waals surface area contributed by atoms with Crippen molar-refractivity contribution in [2.24, 2.45) is 0 Å². The molecule has 0 aromatic carbocycles. The lowest BCUT2D eigenvalue weighted by molar-refractivity contribution is 0.0688. The van der Waals surface area contributed by atoms with E-state index >= 15 is 0 Å². The second-order valence-electron chi connectivity index (χ2n) is 3.47. The minimum absolute atomic E-state index is 0.0757. The van der Waals surface area contributed by atoms with Crippen LogP contribution >= 0.6 is 11.8 Å². The van der Waals surface area contributed by atoms with Crippen LogP contribution in [-0.2, 0) is 0 Å². The first-order chi connectivity index (χ1) is 7.99. The van der Waals surface area contributed by atoms with Crippen molar-refractivity contribution in [1.29, 1.82) is 5.26 Å². The summed E-state index contributed by atoms with van der Waals surface area (Å²) in [5.41, 5.74) is 0.153. The molecule has 6 heteroatoms. The van der Waals surface area contributed by atoms with Gasteiger partial charge in [-0.25, -0.2) is 9.78 Å². The largest absolute Gasteiger partial charge is 0.477 e. The van der Waals surface area contributed by atoms with Gasteiger partial charge in [0.05, 0.1) is 6.10 Å². The number of nitrogens with zero attached hydrogens (tertiary/aromatic N) is 2. The summed E-state index contributed by atoms with van der Waals surface area (Å²) in [7, 11) is 0. The van der Waals surface area contributed by atoms with E-state index in [4.69, 9.17) is 15.1 Å². The fourth-order valence-corrected chi connectivity index (χ4v) is 1.75. The standard InChI is InChI=1S/C11H12N2O3S/c1-6(2)16-10-7(5-12)9(17-3)4-8(13-10)11(14)15/h4,6H,1-3H3,(H,14,15). The molecule has 0 unspecified atom stereocenters. The molecule has 1 aromatic heterocycles. The summed E-state index contributed by atoms with van der Waals surface area (Å²) in [6, 6.07) is 3.36. The van der Waals surface area contributed by atoms with Gasteiger partial charge >= 0.3 is 5.97 Å². The lowest BCUT2D eigenvalue weighted by Crippen LogP contribution is -2.11. The van der Waals surface area contributed by atoms with Crippen LogP contribution in [0.5, 0.6) is 5.88 Å². The minimum Gasteiger partial charge on any atom is -0.477 e. The van der Waals surface area contributed by atoms with Gasteiger partial charge < -0.3 is 9.84 Å². The molecule has 0 aliphatic rings. The van der Waals surface area contributed by atoms with Gasteiger partial charge in [0.1, 0.15) is 11.6 Å². The third-order valence-corrected chi connectivity index (χ3v) is 2.61. The molecule has 5 nitrogen and oxygen atoms in total. The highest BCUT2D eigenvalue weighted by atomic mass is 32.2. The number of rotatable bonds is 4. The van der Waals surface area contributed by atoms with Crippen molar-refractivity contribution < 1.29 is 14.6 Å². The molecule has 1 heterocycles. The topological polar surface area (TPSA) is 83.2 Å². The Kier molecular flexibility index (Phi) is 4.35. The van der Waals surface area contributed by atoms with Gasteiger partial charge in [-0.1, -0.05) is 0 Å². The maximum absolute atomic E-state index is 10.9. The lowest BCUT2D eigenvalue weighted by Gasteiger charge is -2.12. The molecule has 17 heavy (non-hydrogen) atoms. The van der Waals surface area contributed by atoms with Crippen molar-refractivity contribution in [3.05, 3.63) is 17.3 Å². The lowest BCUT2D eigenvalue weighted by atomic mass is 10.2. The third-order valence-electron chi connectivity index (χ3n) is 1.85. The van der Waals surface area contributed by atoms with Crippen LogP contribution < -0.4 is 4.74 Å². The number of carboxylic acid groups (broad SMARTS) is 1. The molecule has 0 bridgehead atoms. The number of aromatic carboxylic acids is 1. The molecule has 0 spiro atoms. The van der Waals surface area contributed by atoms with Crippen molar-refractivity contribution in [3.8, 4) is 11.9 Å². The molecule has 0 atom stereocenters. The summed E-state index contributed by atoms with van der Waals surface area (Å²) >= 11 is 1.29. The third kappa shape index (κ3) is 3.11. The molecule has 0 aliphatic heterocycles. The van der Waals surface area contributed by atoms with Crippen LogP contribution in [0.2, 0.25) is 0 Å². The molecule has 1 aromatic rings. The number of hydrogen-bond donors (Lipinski definition) is 1. The van der Waals surface area contributed by atoms with Crippen LogP contribution in [0.25, 0.3) is 0 Å². The Balaban J connectivity index is 3.38. The Morgan fingerprint density at radius 3 is 2.71 bits per heavy atom. The first-order valence-corrected chi connectivity index (χ1v) is 6.11. The van der Waals surface area contributed by atoms with E-state index < -0.39 is 5.97 Å². The minimum atomic E-state index is -1.14. The van der Waals surface area contributed by atoms with E-state index in [0.717, 1.165) is 0 Å². The van der Waals surface area contributed by atoms with Gasteiger partial charge in [0.15, 0.2) is 5.69 Å². The highest BCUT2D eigenvalue weighted by Crippen LogP contribution is 2.28. The summed E-state index contributed by atoms with van der Waals surface area (Å²) in [5, 5.41) is 18.0. The SMILES string of the molecule is CSc1cc(C(=O)O)nc(OC(C)C)c1C#N. The van der Waals surface area contributed by atoms with E-state index in [1.807, 2.05) is 6.07 Å². The smallest absolute Gasteiger partial charge is 0.354 e. The molecule has 1 N–H and O–H groups in total. The van der Waals surface area contributed by atoms with Crippen molar-refractivity contribution in [2.45, 2.75) is 24.8 Å². The second-order valence-corrected chi connectivity index (χ2v) is 4.32. The quantitative estimate of drug-likeness (QED) is 0.827. The molecule has 90 valence electrons. The van der Waals surface area contributed by atoms with E-state index in [9.17, 15) is 4.79 Å². The van der Waals surface area contributed by atoms with Crippen LogP contribution in [0.1, 0.15) is 29.9 Å². The van der Waals surface area contributed by atoms with Crippen LogP contribution in [0.3, 0.4) is 0 Å². The molecule has 0 aliphatic carbocycles. The molecule has 0 radical (unpaired) electrons. The Morgan fingerprint density at radius 1 is 1.65 bits per heavy atom. The van der Waals surface area contributed by atoms with E-state index in [1.165, 1.54) is 17.8 Å². The van der Waals surface area contributed by atoms with E-state index in [0.29, 0.717) is 4.90 Å². The average Bonchev–Trinajstić information content (AvgIpc) is 2.26. The van der Waals surface area contributed by atoms with Crippen molar-refractivity contribution in [3.63, 3.8) is 0 Å². The number of pyridine rings is 1. The zero-order chi connectivity index (χ0) is 13.0. The first-order valence-electron chi connectivity index (χ1n) is 4.88. The number of carboxylic acids is 1. The first kappa shape index (κ1) is 13.3. The van der Waals surface area contributed by atoms with Crippen LogP contribution in [-0.4, -0.2) is 28.4 Å². The molecular weight excluding hydrogens is 240 g/mol. The van der Waals surface area contributed by atoms with Crippen molar-refractivity contribution >= 4 is 17.7 Å². The molecule has 1 rings (SSSR count). The summed E-state index contributed by atoms with van der Waals surface area (Å²) in [5.74, 6) is -1.06. The van der Waals surface area contributed by atoms with Crippen LogP contribution in [0.4, 0.5) is 0 Å². The molecular formula is C11H12N2O3S. The van der Waals surface area contributed by atoms with Gasteiger partial charge in [0.25, 0.3) is 0 Å². The Bertz CT molecular complexity index is 480. The Labute approximate surface area is 103 Å². The molecule has 0 amide bonds. The van der Waals surface area contributed by atoms with Crippen LogP contribution in [0.15, 0.2) is 11.0 Å². The molecule has 0 saturated heterocycles. The number of aromatic nitrogens is 1. The highest BCUT2D eigenvalue weighted by molar-refractivity contribution is 7.98. The Hall–Kier alpha value is -1.74. The summed E-state index contributed by atoms with van der Waals surface area (Å²) < 4.78 is 5.36. The van der Waals surface area contributed by atoms with Gasteiger partial charge in [-0.2, -0.15) is 5.26 Å². The monoisotopic (exact) mass is 252 g/mol. The van der Waals surface area contributed by atoms with Gasteiger partial charge in [0, 0.05) is 4.90 Å². The second kappa shape index (κ2) is 5.55. The summed E-state index contributed by atoms with van der Waals surface area (Å²) in [4.78, 5) is 15.3. The average molecular weight is 252 g/mol. The van der Waals surface area contributed by atoms with Crippen LogP contribution in [0, 0.1) is 11.3 Å². The zero-order valence-electron chi connectivity index (χ0n) is 9.72. The maximum atomic E-state index is 10.9. The maximum Gasteiger partial charge on any atom is 0.354 e. The van der Waals surface area contributed by atoms with Crippen molar-refractivity contribution in [2.75, 3.05) is 6.26 Å². The molecule has 0 fully saturated rings. The van der Waals surface area contributed by atoms with E-state index in [2.05, 4.69) is 4.98 Å². The predicted molar refractivity (Wildman–Crippen MR) is 63.5 cm³/mol. The number of carbonyl (C=O) groups is 1. The van der Waals surface area contributed by atoms with Gasteiger partial charge in [-0.15, -0.1) is 11.8 Å². The number of thioether (sulfide) groups is 1. The highest BCUT2D eigenvalue weighted by Gasteiger charge is 2.17. The fraction of sp³-hybridized carbons (Fsp3) is 0.364. The summed E-state index contributed by atoms with van der Waals surface area (Å²) in [6.07, 6.45) is 1.59. The predicted octanol–water partition coefficient (Wildman–Crippen LogP) is 2.16. The van der Waals surface area contributed by atoms with Crippen molar-refractivity contribution in [1.82, 2.24) is 4.98 Å². The number of nitriles is 1. The van der Waals surface area contributed by atoms with Gasteiger partial charge in [0.2, 0.25) is 5.88 Å². The van der Waals surface area contributed by atoms with E-state index in [1.54, 1.807) is 20.1 Å². The van der Waals surface area contributed by atoms with Gasteiger partial charge in [-0.05, 0) is 26.2 Å². The van der Waals surface area contributed by atoms with E-state index in [-0.39, 0.29) is 23.2 Å². The fourth-order valence-electron chi connectivity index (χ4n) is 1.18. The summed E-state index contributed by atoms with van der Waals surface area (Å²) in [6.45, 7) is 3.57. The zero-order valence-corrected chi connectivity index (χ0v) is 10.5. The molecule has 0 saturated carbocycles. The number of ether oxygens (including phenoxy) is 1.